The molecule has 0 fully saturated rings. The Balaban J connectivity index is 1.99. The molecule has 1 aromatic carbocycles. The number of amides is 1. The molecule has 1 heterocycles. The van der Waals surface area contributed by atoms with Crippen LogP contribution in [-0.4, -0.2) is 24.7 Å². The predicted octanol–water partition coefficient (Wildman–Crippen LogP) is 1.91. The van der Waals surface area contributed by atoms with Crippen molar-refractivity contribution in [3.05, 3.63) is 52.9 Å². The van der Waals surface area contributed by atoms with Crippen LogP contribution in [0.4, 0.5) is 0 Å². The zero-order valence-corrected chi connectivity index (χ0v) is 14.2. The molecule has 1 N–H and O–H groups in total. The first kappa shape index (κ1) is 17.2. The third-order valence-electron chi connectivity index (χ3n) is 3.64. The number of nitrogens with zero attached hydrogens (tertiary/aromatic N) is 1. The van der Waals surface area contributed by atoms with E-state index in [1.165, 1.54) is 6.92 Å². The van der Waals surface area contributed by atoms with Crippen LogP contribution in [0.1, 0.15) is 29.5 Å². The largest absolute Gasteiger partial charge is 0.360 e. The number of sulfone groups is 1. The SMILES string of the molecule is Cc1cc(CS(=O)(=O)[C@H](C)C(=O)NCc2ccccc2C)on1. The molecule has 1 amide bonds. The molecule has 7 heteroatoms. The quantitative estimate of drug-likeness (QED) is 0.870. The topological polar surface area (TPSA) is 89.3 Å². The summed E-state index contributed by atoms with van der Waals surface area (Å²) in [5.74, 6) is -0.627. The summed E-state index contributed by atoms with van der Waals surface area (Å²) in [4.78, 5) is 12.1. The molecule has 0 saturated heterocycles. The van der Waals surface area contributed by atoms with Gasteiger partial charge in [0.2, 0.25) is 5.91 Å². The van der Waals surface area contributed by atoms with Crippen LogP contribution in [0.15, 0.2) is 34.9 Å². The molecular weight excluding hydrogens is 316 g/mol. The number of carbonyl (C=O) groups excluding carboxylic acids is 1. The zero-order chi connectivity index (χ0) is 17.0. The Morgan fingerprint density at radius 3 is 2.61 bits per heavy atom. The van der Waals surface area contributed by atoms with E-state index in [-0.39, 0.29) is 11.5 Å². The highest BCUT2D eigenvalue weighted by molar-refractivity contribution is 7.92. The summed E-state index contributed by atoms with van der Waals surface area (Å²) in [6.45, 7) is 5.32. The van der Waals surface area contributed by atoms with Crippen molar-refractivity contribution >= 4 is 15.7 Å². The lowest BCUT2D eigenvalue weighted by Gasteiger charge is -2.13. The molecule has 23 heavy (non-hydrogen) atoms. The summed E-state index contributed by atoms with van der Waals surface area (Å²) in [6.07, 6.45) is 0. The third kappa shape index (κ3) is 4.41. The van der Waals surface area contributed by atoms with Crippen molar-refractivity contribution in [2.45, 2.75) is 38.3 Å². The predicted molar refractivity (Wildman–Crippen MR) is 86.4 cm³/mol. The maximum Gasteiger partial charge on any atom is 0.238 e. The lowest BCUT2D eigenvalue weighted by Crippen LogP contribution is -2.38. The first-order valence-corrected chi connectivity index (χ1v) is 8.97. The van der Waals surface area contributed by atoms with E-state index in [1.54, 1.807) is 13.0 Å². The van der Waals surface area contributed by atoms with Gasteiger partial charge in [0, 0.05) is 12.6 Å². The number of benzene rings is 1. The fourth-order valence-electron chi connectivity index (χ4n) is 2.11. The third-order valence-corrected chi connectivity index (χ3v) is 5.62. The van der Waals surface area contributed by atoms with Gasteiger partial charge in [-0.3, -0.25) is 4.79 Å². The Morgan fingerprint density at radius 2 is 2.00 bits per heavy atom. The molecule has 1 atom stereocenters. The normalized spacial score (nSPS) is 12.8. The van der Waals surface area contributed by atoms with E-state index in [2.05, 4.69) is 10.5 Å². The van der Waals surface area contributed by atoms with Crippen LogP contribution in [0, 0.1) is 13.8 Å². The highest BCUT2D eigenvalue weighted by Gasteiger charge is 2.29. The fraction of sp³-hybridized carbons (Fsp3) is 0.375. The average molecular weight is 336 g/mol. The fourth-order valence-corrected chi connectivity index (χ4v) is 3.30. The average Bonchev–Trinajstić information content (AvgIpc) is 2.89. The van der Waals surface area contributed by atoms with E-state index in [1.807, 2.05) is 31.2 Å². The van der Waals surface area contributed by atoms with Crippen molar-refractivity contribution in [1.29, 1.82) is 0 Å². The molecular formula is C16H20N2O4S. The maximum atomic E-state index is 12.3. The first-order valence-electron chi connectivity index (χ1n) is 7.25. The van der Waals surface area contributed by atoms with Crippen LogP contribution in [0.2, 0.25) is 0 Å². The Bertz CT molecular complexity index is 796. The number of nitrogens with one attached hydrogen (secondary N) is 1. The van der Waals surface area contributed by atoms with Gasteiger partial charge in [-0.2, -0.15) is 0 Å². The highest BCUT2D eigenvalue weighted by atomic mass is 32.2. The zero-order valence-electron chi connectivity index (χ0n) is 13.4. The molecule has 0 saturated carbocycles. The van der Waals surface area contributed by atoms with Crippen molar-refractivity contribution in [2.24, 2.45) is 0 Å². The molecule has 0 aliphatic carbocycles. The monoisotopic (exact) mass is 336 g/mol. The van der Waals surface area contributed by atoms with Crippen molar-refractivity contribution in [3.63, 3.8) is 0 Å². The summed E-state index contributed by atoms with van der Waals surface area (Å²) >= 11 is 0. The summed E-state index contributed by atoms with van der Waals surface area (Å²) in [5.41, 5.74) is 2.60. The molecule has 0 bridgehead atoms. The molecule has 1 aromatic heterocycles. The van der Waals surface area contributed by atoms with Crippen molar-refractivity contribution in [1.82, 2.24) is 10.5 Å². The summed E-state index contributed by atoms with van der Waals surface area (Å²) < 4.78 is 29.5. The van der Waals surface area contributed by atoms with Gasteiger partial charge in [-0.25, -0.2) is 8.42 Å². The minimum absolute atomic E-state index is 0.237. The smallest absolute Gasteiger partial charge is 0.238 e. The summed E-state index contributed by atoms with van der Waals surface area (Å²) in [7, 11) is -3.66. The second-order valence-corrected chi connectivity index (χ2v) is 7.85. The van der Waals surface area contributed by atoms with Gasteiger partial charge in [-0.05, 0) is 31.9 Å². The molecule has 0 aliphatic rings. The van der Waals surface area contributed by atoms with Crippen LogP contribution in [0.5, 0.6) is 0 Å². The van der Waals surface area contributed by atoms with Crippen LogP contribution < -0.4 is 5.32 Å². The van der Waals surface area contributed by atoms with Crippen LogP contribution in [0.3, 0.4) is 0 Å². The molecule has 0 spiro atoms. The van der Waals surface area contributed by atoms with E-state index >= 15 is 0 Å². The second-order valence-electron chi connectivity index (χ2n) is 5.53. The Labute approximate surface area is 135 Å². The van der Waals surface area contributed by atoms with Crippen molar-refractivity contribution < 1.29 is 17.7 Å². The van der Waals surface area contributed by atoms with E-state index in [4.69, 9.17) is 4.52 Å². The van der Waals surface area contributed by atoms with Gasteiger partial charge in [0.25, 0.3) is 0 Å². The number of aryl methyl sites for hydroxylation is 2. The lowest BCUT2D eigenvalue weighted by atomic mass is 10.1. The first-order chi connectivity index (χ1) is 10.8. The van der Waals surface area contributed by atoms with Gasteiger partial charge in [-0.15, -0.1) is 0 Å². The maximum absolute atomic E-state index is 12.3. The van der Waals surface area contributed by atoms with Gasteiger partial charge < -0.3 is 9.84 Å². The number of aromatic nitrogens is 1. The van der Waals surface area contributed by atoms with Gasteiger partial charge in [0.15, 0.2) is 15.6 Å². The van der Waals surface area contributed by atoms with E-state index in [0.29, 0.717) is 12.2 Å². The van der Waals surface area contributed by atoms with E-state index in [0.717, 1.165) is 11.1 Å². The van der Waals surface area contributed by atoms with E-state index < -0.39 is 21.0 Å². The standard InChI is InChI=1S/C16H20N2O4S/c1-11-6-4-5-7-14(11)9-17-16(19)13(3)23(20,21)10-15-8-12(2)18-22-15/h4-8,13H,9-10H2,1-3H3,(H,17,19)/t13-/m1/s1. The molecule has 2 rings (SSSR count). The van der Waals surface area contributed by atoms with Crippen molar-refractivity contribution in [3.8, 4) is 0 Å². The van der Waals surface area contributed by atoms with E-state index in [9.17, 15) is 13.2 Å². The summed E-state index contributed by atoms with van der Waals surface area (Å²) in [6, 6.07) is 9.17. The van der Waals surface area contributed by atoms with Gasteiger partial charge >= 0.3 is 0 Å². The molecule has 2 aromatic rings. The lowest BCUT2D eigenvalue weighted by molar-refractivity contribution is -0.120. The molecule has 124 valence electrons. The minimum atomic E-state index is -3.66. The van der Waals surface area contributed by atoms with Gasteiger partial charge in [0.1, 0.15) is 11.0 Å². The number of hydrogen-bond donors (Lipinski definition) is 1. The molecule has 0 unspecified atom stereocenters. The van der Waals surface area contributed by atoms with Gasteiger partial charge in [0.05, 0.1) is 5.69 Å². The van der Waals surface area contributed by atoms with Crippen molar-refractivity contribution in [2.75, 3.05) is 0 Å². The van der Waals surface area contributed by atoms with Crippen LogP contribution >= 0.6 is 0 Å². The Kier molecular flexibility index (Phi) is 5.20. The molecule has 0 aliphatic heterocycles. The number of hydrogen-bond acceptors (Lipinski definition) is 5. The van der Waals surface area contributed by atoms with Gasteiger partial charge in [-0.1, -0.05) is 29.4 Å². The Hall–Kier alpha value is -2.15. The number of carbonyl (C=O) groups is 1. The number of rotatable bonds is 6. The minimum Gasteiger partial charge on any atom is -0.360 e. The molecule has 0 radical (unpaired) electrons. The van der Waals surface area contributed by atoms with Crippen LogP contribution in [-0.2, 0) is 26.9 Å². The Morgan fingerprint density at radius 1 is 1.30 bits per heavy atom. The highest BCUT2D eigenvalue weighted by Crippen LogP contribution is 2.13. The second kappa shape index (κ2) is 6.95. The molecule has 6 nitrogen and oxygen atoms in total. The van der Waals surface area contributed by atoms with Crippen LogP contribution in [0.25, 0.3) is 0 Å². The summed E-state index contributed by atoms with van der Waals surface area (Å²) in [5, 5.41) is 5.17.